The van der Waals surface area contributed by atoms with E-state index in [4.69, 9.17) is 28.9 Å². The van der Waals surface area contributed by atoms with Crippen molar-refractivity contribution in [2.45, 2.75) is 6.92 Å². The Balaban J connectivity index is 2.94. The Morgan fingerprint density at radius 2 is 2.00 bits per heavy atom. The summed E-state index contributed by atoms with van der Waals surface area (Å²) in [5, 5.41) is 2.09. The quantitative estimate of drug-likeness (QED) is 0.748. The van der Waals surface area contributed by atoms with E-state index in [1.807, 2.05) is 13.0 Å². The topological polar surface area (TPSA) is 38.9 Å². The molecule has 0 saturated carbocycles. The van der Waals surface area contributed by atoms with Crippen molar-refractivity contribution >= 4 is 39.9 Å². The number of pyridine rings is 1. The Labute approximate surface area is 91.6 Å². The highest BCUT2D eigenvalue weighted by Gasteiger charge is 2.07. The van der Waals surface area contributed by atoms with Crippen LogP contribution in [0.25, 0.3) is 10.9 Å². The zero-order valence-corrected chi connectivity index (χ0v) is 9.02. The predicted molar refractivity (Wildman–Crippen MR) is 60.9 cm³/mol. The van der Waals surface area contributed by atoms with Crippen molar-refractivity contribution in [3.8, 4) is 0 Å². The molecule has 1 heterocycles. The molecule has 1 aromatic carbocycles. The summed E-state index contributed by atoms with van der Waals surface area (Å²) < 4.78 is 0. The van der Waals surface area contributed by atoms with E-state index in [9.17, 15) is 0 Å². The first kappa shape index (κ1) is 9.56. The zero-order valence-electron chi connectivity index (χ0n) is 7.51. The van der Waals surface area contributed by atoms with E-state index < -0.39 is 0 Å². The third kappa shape index (κ3) is 1.41. The molecule has 2 aromatic rings. The number of hydrogen-bond acceptors (Lipinski definition) is 2. The summed E-state index contributed by atoms with van der Waals surface area (Å²) in [6.07, 6.45) is 0. The molecule has 0 atom stereocenters. The van der Waals surface area contributed by atoms with Gasteiger partial charge in [0.2, 0.25) is 0 Å². The van der Waals surface area contributed by atoms with Crippen LogP contribution in [0.5, 0.6) is 0 Å². The van der Waals surface area contributed by atoms with E-state index >= 15 is 0 Å². The van der Waals surface area contributed by atoms with Crippen LogP contribution in [-0.2, 0) is 0 Å². The lowest BCUT2D eigenvalue weighted by Crippen LogP contribution is -1.91. The lowest BCUT2D eigenvalue weighted by atomic mass is 10.1. The van der Waals surface area contributed by atoms with Crippen LogP contribution >= 0.6 is 23.2 Å². The standard InChI is InChI=1S/C10H8Cl2N2/c1-5-4-7(11)10-6(9(5)12)2-3-8(13)14-10/h2-4H,1H3,(H2,13,14). The van der Waals surface area contributed by atoms with Crippen LogP contribution in [-0.4, -0.2) is 4.98 Å². The van der Waals surface area contributed by atoms with E-state index in [0.717, 1.165) is 10.9 Å². The Morgan fingerprint density at radius 3 is 2.71 bits per heavy atom. The van der Waals surface area contributed by atoms with Crippen LogP contribution in [0.15, 0.2) is 18.2 Å². The van der Waals surface area contributed by atoms with Crippen LogP contribution in [0.2, 0.25) is 10.0 Å². The number of nitrogens with zero attached hydrogens (tertiary/aromatic N) is 1. The molecule has 2 rings (SSSR count). The second kappa shape index (κ2) is 3.30. The van der Waals surface area contributed by atoms with Gasteiger partial charge in [-0.15, -0.1) is 0 Å². The molecule has 0 unspecified atom stereocenters. The van der Waals surface area contributed by atoms with Gasteiger partial charge in [-0.3, -0.25) is 0 Å². The molecular formula is C10H8Cl2N2. The van der Waals surface area contributed by atoms with Gasteiger partial charge in [-0.05, 0) is 30.7 Å². The Hall–Kier alpha value is -0.990. The molecule has 0 amide bonds. The van der Waals surface area contributed by atoms with Gasteiger partial charge in [-0.1, -0.05) is 23.2 Å². The minimum Gasteiger partial charge on any atom is -0.384 e. The van der Waals surface area contributed by atoms with Gasteiger partial charge in [0.05, 0.1) is 15.6 Å². The summed E-state index contributed by atoms with van der Waals surface area (Å²) in [6, 6.07) is 5.33. The smallest absolute Gasteiger partial charge is 0.124 e. The largest absolute Gasteiger partial charge is 0.384 e. The van der Waals surface area contributed by atoms with Gasteiger partial charge in [0.1, 0.15) is 5.82 Å². The minimum atomic E-state index is 0.444. The number of nitrogens with two attached hydrogens (primary N) is 1. The van der Waals surface area contributed by atoms with Gasteiger partial charge in [0.25, 0.3) is 0 Å². The zero-order chi connectivity index (χ0) is 10.3. The molecule has 4 heteroatoms. The van der Waals surface area contributed by atoms with Crippen molar-refractivity contribution in [3.63, 3.8) is 0 Å². The molecule has 0 fully saturated rings. The Kier molecular flexibility index (Phi) is 2.25. The van der Waals surface area contributed by atoms with Crippen molar-refractivity contribution < 1.29 is 0 Å². The van der Waals surface area contributed by atoms with E-state index in [-0.39, 0.29) is 0 Å². The lowest BCUT2D eigenvalue weighted by molar-refractivity contribution is 1.40. The first-order chi connectivity index (χ1) is 6.59. The lowest BCUT2D eigenvalue weighted by Gasteiger charge is -2.05. The highest BCUT2D eigenvalue weighted by atomic mass is 35.5. The maximum Gasteiger partial charge on any atom is 0.124 e. The second-order valence-electron chi connectivity index (χ2n) is 3.12. The molecule has 0 aliphatic carbocycles. The normalized spacial score (nSPS) is 10.8. The van der Waals surface area contributed by atoms with E-state index in [1.165, 1.54) is 0 Å². The average molecular weight is 227 g/mol. The molecule has 0 radical (unpaired) electrons. The molecule has 0 aliphatic rings. The Bertz CT molecular complexity index is 509. The summed E-state index contributed by atoms with van der Waals surface area (Å²) in [6.45, 7) is 1.91. The van der Waals surface area contributed by atoms with Crippen LogP contribution in [0.4, 0.5) is 5.82 Å². The number of halogens is 2. The molecule has 14 heavy (non-hydrogen) atoms. The number of benzene rings is 1. The minimum absolute atomic E-state index is 0.444. The Morgan fingerprint density at radius 1 is 1.29 bits per heavy atom. The fourth-order valence-corrected chi connectivity index (χ4v) is 1.88. The molecule has 1 aromatic heterocycles. The number of rotatable bonds is 0. The first-order valence-electron chi connectivity index (χ1n) is 4.10. The van der Waals surface area contributed by atoms with Gasteiger partial charge >= 0.3 is 0 Å². The van der Waals surface area contributed by atoms with Gasteiger partial charge in [-0.2, -0.15) is 0 Å². The summed E-state index contributed by atoms with van der Waals surface area (Å²) in [5.74, 6) is 0.444. The van der Waals surface area contributed by atoms with Crippen molar-refractivity contribution in [2.75, 3.05) is 5.73 Å². The maximum absolute atomic E-state index is 6.11. The van der Waals surface area contributed by atoms with Gasteiger partial charge in [0, 0.05) is 5.39 Å². The number of aryl methyl sites for hydroxylation is 1. The molecule has 0 saturated heterocycles. The summed E-state index contributed by atoms with van der Waals surface area (Å²) in [7, 11) is 0. The maximum atomic E-state index is 6.11. The highest BCUT2D eigenvalue weighted by molar-refractivity contribution is 6.40. The van der Waals surface area contributed by atoms with Crippen molar-refractivity contribution in [3.05, 3.63) is 33.8 Å². The predicted octanol–water partition coefficient (Wildman–Crippen LogP) is 3.43. The molecule has 0 bridgehead atoms. The van der Waals surface area contributed by atoms with E-state index in [0.29, 0.717) is 21.4 Å². The number of fused-ring (bicyclic) bond motifs is 1. The summed E-state index contributed by atoms with van der Waals surface area (Å²) in [5.41, 5.74) is 7.16. The van der Waals surface area contributed by atoms with Crippen LogP contribution in [0.3, 0.4) is 0 Å². The third-order valence-electron chi connectivity index (χ3n) is 2.07. The number of hydrogen-bond donors (Lipinski definition) is 1. The molecule has 2 nitrogen and oxygen atoms in total. The van der Waals surface area contributed by atoms with Crippen LogP contribution < -0.4 is 5.73 Å². The molecular weight excluding hydrogens is 219 g/mol. The average Bonchev–Trinajstić information content (AvgIpc) is 2.14. The van der Waals surface area contributed by atoms with Crippen LogP contribution in [0.1, 0.15) is 5.56 Å². The fraction of sp³-hybridized carbons (Fsp3) is 0.100. The summed E-state index contributed by atoms with van der Waals surface area (Å²) >= 11 is 12.1. The van der Waals surface area contributed by atoms with Crippen molar-refractivity contribution in [1.82, 2.24) is 4.98 Å². The van der Waals surface area contributed by atoms with Crippen molar-refractivity contribution in [2.24, 2.45) is 0 Å². The molecule has 2 N–H and O–H groups in total. The SMILES string of the molecule is Cc1cc(Cl)c2nc(N)ccc2c1Cl. The monoisotopic (exact) mass is 226 g/mol. The van der Waals surface area contributed by atoms with Crippen molar-refractivity contribution in [1.29, 1.82) is 0 Å². The van der Waals surface area contributed by atoms with E-state index in [2.05, 4.69) is 4.98 Å². The van der Waals surface area contributed by atoms with E-state index in [1.54, 1.807) is 12.1 Å². The number of anilines is 1. The molecule has 72 valence electrons. The second-order valence-corrected chi connectivity index (χ2v) is 3.91. The number of aromatic nitrogens is 1. The third-order valence-corrected chi connectivity index (χ3v) is 2.86. The van der Waals surface area contributed by atoms with Gasteiger partial charge in [-0.25, -0.2) is 4.98 Å². The molecule has 0 spiro atoms. The fourth-order valence-electron chi connectivity index (χ4n) is 1.37. The highest BCUT2D eigenvalue weighted by Crippen LogP contribution is 2.31. The van der Waals surface area contributed by atoms with Crippen LogP contribution in [0, 0.1) is 6.92 Å². The van der Waals surface area contributed by atoms with Gasteiger partial charge < -0.3 is 5.73 Å². The first-order valence-corrected chi connectivity index (χ1v) is 4.86. The number of nitrogen functional groups attached to an aromatic ring is 1. The molecule has 0 aliphatic heterocycles. The summed E-state index contributed by atoms with van der Waals surface area (Å²) in [4.78, 5) is 4.14. The van der Waals surface area contributed by atoms with Gasteiger partial charge in [0.15, 0.2) is 0 Å².